The lowest BCUT2D eigenvalue weighted by Crippen LogP contribution is -2.51. The highest BCUT2D eigenvalue weighted by atomic mass is 16.5. The molecule has 1 saturated heterocycles. The second-order valence-corrected chi connectivity index (χ2v) is 7.02. The largest absolute Gasteiger partial charge is 0.496 e. The first-order valence-corrected chi connectivity index (χ1v) is 8.95. The van der Waals surface area contributed by atoms with Crippen LogP contribution < -0.4 is 10.1 Å². The van der Waals surface area contributed by atoms with Crippen LogP contribution in [0.15, 0.2) is 18.2 Å². The average molecular weight is 363 g/mol. The number of carbonyl (C=O) groups is 2. The summed E-state index contributed by atoms with van der Waals surface area (Å²) < 4.78 is 5.38. The van der Waals surface area contributed by atoms with Crippen LogP contribution in [0.2, 0.25) is 0 Å². The number of carbonyl (C=O) groups excluding carboxylic acids is 1. The Morgan fingerprint density at radius 2 is 1.88 bits per heavy atom. The summed E-state index contributed by atoms with van der Waals surface area (Å²) in [6.07, 6.45) is 0. The molecule has 1 aromatic carbocycles. The molecule has 1 aliphatic heterocycles. The Hall–Kier alpha value is -2.12. The van der Waals surface area contributed by atoms with Gasteiger partial charge in [0.15, 0.2) is 0 Å². The third kappa shape index (κ3) is 5.19. The minimum Gasteiger partial charge on any atom is -0.496 e. The van der Waals surface area contributed by atoms with Crippen molar-refractivity contribution in [2.24, 2.45) is 0 Å². The number of aryl methyl sites for hydroxylation is 1. The normalized spacial score (nSPS) is 17.1. The van der Waals surface area contributed by atoms with Crippen LogP contribution in [0.1, 0.15) is 31.0 Å². The predicted octanol–water partition coefficient (Wildman–Crippen LogP) is 1.27. The second-order valence-electron chi connectivity index (χ2n) is 7.02. The molecule has 0 spiro atoms. The summed E-state index contributed by atoms with van der Waals surface area (Å²) in [5, 5.41) is 12.7. The maximum atomic E-state index is 12.0. The Morgan fingerprint density at radius 1 is 1.23 bits per heavy atom. The molecule has 1 unspecified atom stereocenters. The number of aliphatic carboxylic acids is 1. The van der Waals surface area contributed by atoms with E-state index < -0.39 is 12.0 Å². The van der Waals surface area contributed by atoms with E-state index in [9.17, 15) is 14.7 Å². The molecule has 26 heavy (non-hydrogen) atoms. The van der Waals surface area contributed by atoms with Gasteiger partial charge in [-0.15, -0.1) is 0 Å². The topological polar surface area (TPSA) is 82.1 Å². The van der Waals surface area contributed by atoms with Crippen LogP contribution in [0.25, 0.3) is 0 Å². The van der Waals surface area contributed by atoms with Crippen molar-refractivity contribution in [2.75, 3.05) is 39.8 Å². The standard InChI is InChI=1S/C19H29N3O4/c1-13(2)20-17(23)12-21-7-9-22(10-8-21)18(19(24)25)15-11-14(3)5-6-16(15)26-4/h5-6,11,13,18H,7-10,12H2,1-4H3,(H,20,23)(H,24,25). The van der Waals surface area contributed by atoms with Gasteiger partial charge in [0, 0.05) is 37.8 Å². The van der Waals surface area contributed by atoms with Gasteiger partial charge in [0.1, 0.15) is 11.8 Å². The Labute approximate surface area is 154 Å². The molecular weight excluding hydrogens is 334 g/mol. The Morgan fingerprint density at radius 3 is 2.42 bits per heavy atom. The molecule has 7 nitrogen and oxygen atoms in total. The first kappa shape index (κ1) is 20.2. The van der Waals surface area contributed by atoms with Crippen molar-refractivity contribution in [1.82, 2.24) is 15.1 Å². The highest BCUT2D eigenvalue weighted by Gasteiger charge is 2.32. The van der Waals surface area contributed by atoms with Gasteiger partial charge in [0.05, 0.1) is 13.7 Å². The van der Waals surface area contributed by atoms with E-state index in [1.54, 1.807) is 7.11 Å². The van der Waals surface area contributed by atoms with Gasteiger partial charge >= 0.3 is 5.97 Å². The molecule has 1 aliphatic rings. The molecule has 1 amide bonds. The number of piperazine rings is 1. The fourth-order valence-corrected chi connectivity index (χ4v) is 3.30. The number of methoxy groups -OCH3 is 1. The predicted molar refractivity (Wildman–Crippen MR) is 99.4 cm³/mol. The molecule has 2 N–H and O–H groups in total. The van der Waals surface area contributed by atoms with Crippen molar-refractivity contribution in [3.8, 4) is 5.75 Å². The average Bonchev–Trinajstić information content (AvgIpc) is 2.56. The molecule has 1 fully saturated rings. The zero-order chi connectivity index (χ0) is 19.3. The van der Waals surface area contributed by atoms with Crippen LogP contribution in [-0.2, 0) is 9.59 Å². The highest BCUT2D eigenvalue weighted by Crippen LogP contribution is 2.31. The molecule has 0 saturated carbocycles. The van der Waals surface area contributed by atoms with Gasteiger partial charge in [0.2, 0.25) is 5.91 Å². The van der Waals surface area contributed by atoms with Gasteiger partial charge in [-0.1, -0.05) is 17.7 Å². The summed E-state index contributed by atoms with van der Waals surface area (Å²) in [7, 11) is 1.55. The number of rotatable bonds is 7. The summed E-state index contributed by atoms with van der Waals surface area (Å²) >= 11 is 0. The molecule has 0 radical (unpaired) electrons. The van der Waals surface area contributed by atoms with Crippen LogP contribution in [0.4, 0.5) is 0 Å². The van der Waals surface area contributed by atoms with Crippen LogP contribution >= 0.6 is 0 Å². The van der Waals surface area contributed by atoms with Gasteiger partial charge in [0.25, 0.3) is 0 Å². The number of benzene rings is 1. The van der Waals surface area contributed by atoms with E-state index in [0.29, 0.717) is 44.0 Å². The Kier molecular flexibility index (Phi) is 6.99. The van der Waals surface area contributed by atoms with E-state index in [4.69, 9.17) is 4.74 Å². The second kappa shape index (κ2) is 9.00. The number of amides is 1. The molecular formula is C19H29N3O4. The van der Waals surface area contributed by atoms with E-state index in [1.807, 2.05) is 43.9 Å². The third-order valence-corrected chi connectivity index (χ3v) is 4.50. The number of hydrogen-bond donors (Lipinski definition) is 2. The van der Waals surface area contributed by atoms with Crippen molar-refractivity contribution in [3.05, 3.63) is 29.3 Å². The molecule has 0 aliphatic carbocycles. The van der Waals surface area contributed by atoms with E-state index in [-0.39, 0.29) is 11.9 Å². The fraction of sp³-hybridized carbons (Fsp3) is 0.579. The van der Waals surface area contributed by atoms with E-state index in [2.05, 4.69) is 10.2 Å². The van der Waals surface area contributed by atoms with Crippen LogP contribution in [0, 0.1) is 6.92 Å². The summed E-state index contributed by atoms with van der Waals surface area (Å²) in [5.41, 5.74) is 1.67. The summed E-state index contributed by atoms with van der Waals surface area (Å²) in [4.78, 5) is 27.9. The molecule has 0 bridgehead atoms. The molecule has 2 rings (SSSR count). The van der Waals surface area contributed by atoms with Gasteiger partial charge in [-0.05, 0) is 26.8 Å². The zero-order valence-corrected chi connectivity index (χ0v) is 16.0. The Balaban J connectivity index is 2.06. The number of carboxylic acids is 1. The Bertz CT molecular complexity index is 640. The first-order chi connectivity index (χ1) is 12.3. The van der Waals surface area contributed by atoms with E-state index in [0.717, 1.165) is 5.56 Å². The molecule has 1 heterocycles. The molecule has 7 heteroatoms. The van der Waals surface area contributed by atoms with Gasteiger partial charge in [-0.25, -0.2) is 0 Å². The lowest BCUT2D eigenvalue weighted by Gasteiger charge is -2.38. The van der Waals surface area contributed by atoms with Crippen molar-refractivity contribution >= 4 is 11.9 Å². The summed E-state index contributed by atoms with van der Waals surface area (Å²) in [6, 6.07) is 4.96. The number of nitrogens with zero attached hydrogens (tertiary/aromatic N) is 2. The van der Waals surface area contributed by atoms with Crippen LogP contribution in [0.3, 0.4) is 0 Å². The monoisotopic (exact) mass is 363 g/mol. The fourth-order valence-electron chi connectivity index (χ4n) is 3.30. The van der Waals surface area contributed by atoms with Crippen LogP contribution in [-0.4, -0.2) is 72.7 Å². The zero-order valence-electron chi connectivity index (χ0n) is 16.0. The smallest absolute Gasteiger partial charge is 0.325 e. The maximum Gasteiger partial charge on any atom is 0.325 e. The third-order valence-electron chi connectivity index (χ3n) is 4.50. The van der Waals surface area contributed by atoms with Gasteiger partial charge in [-0.3, -0.25) is 19.4 Å². The van der Waals surface area contributed by atoms with E-state index in [1.165, 1.54) is 0 Å². The highest BCUT2D eigenvalue weighted by molar-refractivity contribution is 5.78. The summed E-state index contributed by atoms with van der Waals surface area (Å²) in [5.74, 6) is -0.301. The lowest BCUT2D eigenvalue weighted by molar-refractivity contribution is -0.144. The quantitative estimate of drug-likeness (QED) is 0.759. The van der Waals surface area contributed by atoms with Gasteiger partial charge < -0.3 is 15.2 Å². The molecule has 1 atom stereocenters. The number of ether oxygens (including phenoxy) is 1. The van der Waals surface area contributed by atoms with Crippen molar-refractivity contribution < 1.29 is 19.4 Å². The minimum atomic E-state index is -0.889. The number of hydrogen-bond acceptors (Lipinski definition) is 5. The van der Waals surface area contributed by atoms with Crippen molar-refractivity contribution in [1.29, 1.82) is 0 Å². The van der Waals surface area contributed by atoms with Gasteiger partial charge in [-0.2, -0.15) is 0 Å². The summed E-state index contributed by atoms with van der Waals surface area (Å²) in [6.45, 7) is 8.63. The SMILES string of the molecule is COc1ccc(C)cc1C(C(=O)O)N1CCN(CC(=O)NC(C)C)CC1. The minimum absolute atomic E-state index is 0.00332. The lowest BCUT2D eigenvalue weighted by atomic mass is 10.0. The number of nitrogens with one attached hydrogen (secondary N) is 1. The molecule has 1 aromatic rings. The molecule has 144 valence electrons. The van der Waals surface area contributed by atoms with E-state index >= 15 is 0 Å². The van der Waals surface area contributed by atoms with Crippen molar-refractivity contribution in [3.63, 3.8) is 0 Å². The maximum absolute atomic E-state index is 12.0. The van der Waals surface area contributed by atoms with Crippen molar-refractivity contribution in [2.45, 2.75) is 32.9 Å². The van der Waals surface area contributed by atoms with Crippen LogP contribution in [0.5, 0.6) is 5.75 Å². The first-order valence-electron chi connectivity index (χ1n) is 8.95. The number of carboxylic acid groups (broad SMARTS) is 1. The molecule has 0 aromatic heterocycles.